The molecule has 1 aliphatic carbocycles. The number of benzene rings is 2. The van der Waals surface area contributed by atoms with E-state index in [1.807, 2.05) is 41.1 Å². The lowest BCUT2D eigenvalue weighted by molar-refractivity contribution is 0.0953. The van der Waals surface area contributed by atoms with Crippen LogP contribution in [0.4, 0.5) is 11.5 Å². The van der Waals surface area contributed by atoms with Gasteiger partial charge in [-0.15, -0.1) is 5.10 Å². The molecule has 0 fully saturated rings. The van der Waals surface area contributed by atoms with Gasteiger partial charge in [0.1, 0.15) is 5.75 Å². The molecule has 28 heavy (non-hydrogen) atoms. The summed E-state index contributed by atoms with van der Waals surface area (Å²) in [6.45, 7) is 6.28. The number of ether oxygens (including phenoxy) is 1. The lowest BCUT2D eigenvalue weighted by atomic mass is 9.87. The molecule has 1 heterocycles. The predicted molar refractivity (Wildman–Crippen MR) is 111 cm³/mol. The molecule has 0 bridgehead atoms. The SMILES string of the molecule is COc1ccc(-n2nc(Nc3cccc(C)c3C)c3c2C[C@@H](C)CC3=O)cc1. The molecule has 5 nitrogen and oxygen atoms in total. The van der Waals surface area contributed by atoms with E-state index in [9.17, 15) is 4.79 Å². The number of rotatable bonds is 4. The van der Waals surface area contributed by atoms with E-state index in [-0.39, 0.29) is 5.78 Å². The van der Waals surface area contributed by atoms with Crippen LogP contribution < -0.4 is 10.1 Å². The van der Waals surface area contributed by atoms with Crippen LogP contribution >= 0.6 is 0 Å². The van der Waals surface area contributed by atoms with Crippen LogP contribution in [0.5, 0.6) is 5.75 Å². The smallest absolute Gasteiger partial charge is 0.168 e. The second-order valence-corrected chi connectivity index (χ2v) is 7.59. The Morgan fingerprint density at radius 3 is 2.57 bits per heavy atom. The number of fused-ring (bicyclic) bond motifs is 1. The molecular weight excluding hydrogens is 350 g/mol. The summed E-state index contributed by atoms with van der Waals surface area (Å²) in [5.41, 5.74) is 5.96. The van der Waals surface area contributed by atoms with Gasteiger partial charge in [-0.05, 0) is 67.6 Å². The zero-order valence-electron chi connectivity index (χ0n) is 16.7. The topological polar surface area (TPSA) is 56.1 Å². The molecular formula is C23H25N3O2. The third-order valence-corrected chi connectivity index (χ3v) is 5.51. The number of carbonyl (C=O) groups is 1. The predicted octanol–water partition coefficient (Wildman–Crippen LogP) is 5.01. The molecule has 4 rings (SSSR count). The largest absolute Gasteiger partial charge is 0.497 e. The minimum Gasteiger partial charge on any atom is -0.497 e. The van der Waals surface area contributed by atoms with Gasteiger partial charge >= 0.3 is 0 Å². The number of hydrogen-bond donors (Lipinski definition) is 1. The Morgan fingerprint density at radius 2 is 1.86 bits per heavy atom. The number of nitrogens with zero attached hydrogens (tertiary/aromatic N) is 2. The molecule has 0 aliphatic heterocycles. The van der Waals surface area contributed by atoms with Crippen molar-refractivity contribution in [3.8, 4) is 11.4 Å². The van der Waals surface area contributed by atoms with E-state index in [4.69, 9.17) is 9.84 Å². The lowest BCUT2D eigenvalue weighted by Crippen LogP contribution is -2.19. The monoisotopic (exact) mass is 375 g/mol. The Bertz CT molecular complexity index is 1030. The number of aromatic nitrogens is 2. The van der Waals surface area contributed by atoms with Gasteiger partial charge in [-0.2, -0.15) is 0 Å². The molecule has 0 amide bonds. The molecule has 0 spiro atoms. The first-order valence-electron chi connectivity index (χ1n) is 9.60. The number of nitrogens with one attached hydrogen (secondary N) is 1. The number of hydrogen-bond acceptors (Lipinski definition) is 4. The van der Waals surface area contributed by atoms with Gasteiger partial charge < -0.3 is 10.1 Å². The minimum atomic E-state index is 0.154. The Labute approximate surface area is 165 Å². The van der Waals surface area contributed by atoms with Gasteiger partial charge in [0.05, 0.1) is 24.1 Å². The molecule has 0 saturated heterocycles. The zero-order valence-corrected chi connectivity index (χ0v) is 16.7. The van der Waals surface area contributed by atoms with Crippen LogP contribution in [0.25, 0.3) is 5.69 Å². The molecule has 1 aromatic heterocycles. The third kappa shape index (κ3) is 3.17. The van der Waals surface area contributed by atoms with Gasteiger partial charge in [0, 0.05) is 12.1 Å². The number of anilines is 2. The standard InChI is InChI=1S/C23H25N3O2/c1-14-12-20-22(21(27)13-14)23(24-19-7-5-6-15(2)16(19)3)25-26(20)17-8-10-18(28-4)11-9-17/h5-11,14H,12-13H2,1-4H3,(H,24,25)/t14-/m1/s1. The van der Waals surface area contributed by atoms with Crippen LogP contribution in [0.2, 0.25) is 0 Å². The Kier molecular flexibility index (Phi) is 4.67. The first kappa shape index (κ1) is 18.3. The average molecular weight is 375 g/mol. The number of carbonyl (C=O) groups excluding carboxylic acids is 1. The highest BCUT2D eigenvalue weighted by molar-refractivity contribution is 6.03. The van der Waals surface area contributed by atoms with Crippen molar-refractivity contribution in [3.63, 3.8) is 0 Å². The van der Waals surface area contributed by atoms with Crippen molar-refractivity contribution in [2.75, 3.05) is 12.4 Å². The summed E-state index contributed by atoms with van der Waals surface area (Å²) >= 11 is 0. The molecule has 3 aromatic rings. The van der Waals surface area contributed by atoms with Gasteiger partial charge in [0.2, 0.25) is 0 Å². The number of methoxy groups -OCH3 is 1. The maximum Gasteiger partial charge on any atom is 0.168 e. The molecule has 5 heteroatoms. The fraction of sp³-hybridized carbons (Fsp3) is 0.304. The van der Waals surface area contributed by atoms with E-state index >= 15 is 0 Å². The van der Waals surface area contributed by atoms with Gasteiger partial charge in [-0.3, -0.25) is 4.79 Å². The van der Waals surface area contributed by atoms with E-state index in [0.717, 1.165) is 40.4 Å². The highest BCUT2D eigenvalue weighted by Gasteiger charge is 2.31. The van der Waals surface area contributed by atoms with E-state index < -0.39 is 0 Å². The summed E-state index contributed by atoms with van der Waals surface area (Å²) < 4.78 is 7.16. The molecule has 0 radical (unpaired) electrons. The molecule has 144 valence electrons. The molecule has 1 aliphatic rings. The summed E-state index contributed by atoms with van der Waals surface area (Å²) in [6, 6.07) is 13.9. The highest BCUT2D eigenvalue weighted by atomic mass is 16.5. The van der Waals surface area contributed by atoms with Crippen molar-refractivity contribution in [1.82, 2.24) is 9.78 Å². The van der Waals surface area contributed by atoms with Crippen molar-refractivity contribution in [2.24, 2.45) is 5.92 Å². The average Bonchev–Trinajstić information content (AvgIpc) is 3.04. The maximum absolute atomic E-state index is 12.9. The Hall–Kier alpha value is -3.08. The summed E-state index contributed by atoms with van der Waals surface area (Å²) in [5, 5.41) is 8.23. The normalized spacial score (nSPS) is 16.0. The molecule has 0 unspecified atom stereocenters. The highest BCUT2D eigenvalue weighted by Crippen LogP contribution is 2.34. The first-order valence-corrected chi connectivity index (χ1v) is 9.60. The fourth-order valence-electron chi connectivity index (χ4n) is 3.79. The van der Waals surface area contributed by atoms with E-state index in [0.29, 0.717) is 18.2 Å². The van der Waals surface area contributed by atoms with Crippen LogP contribution in [0.15, 0.2) is 42.5 Å². The summed E-state index contributed by atoms with van der Waals surface area (Å²) in [5.74, 6) is 1.89. The van der Waals surface area contributed by atoms with Crippen LogP contribution in [-0.4, -0.2) is 22.7 Å². The lowest BCUT2D eigenvalue weighted by Gasteiger charge is -2.19. The number of aryl methyl sites for hydroxylation is 1. The fourth-order valence-corrected chi connectivity index (χ4v) is 3.79. The van der Waals surface area contributed by atoms with Gasteiger partial charge in [-0.25, -0.2) is 4.68 Å². The van der Waals surface area contributed by atoms with Crippen LogP contribution in [-0.2, 0) is 6.42 Å². The van der Waals surface area contributed by atoms with Crippen LogP contribution in [0, 0.1) is 19.8 Å². The second-order valence-electron chi connectivity index (χ2n) is 7.59. The van der Waals surface area contributed by atoms with Crippen molar-refractivity contribution in [3.05, 3.63) is 64.8 Å². The Balaban J connectivity index is 1.83. The van der Waals surface area contributed by atoms with E-state index in [1.54, 1.807) is 7.11 Å². The van der Waals surface area contributed by atoms with Crippen molar-refractivity contribution in [1.29, 1.82) is 0 Å². The van der Waals surface area contributed by atoms with Crippen molar-refractivity contribution in [2.45, 2.75) is 33.6 Å². The van der Waals surface area contributed by atoms with Crippen molar-refractivity contribution < 1.29 is 9.53 Å². The van der Waals surface area contributed by atoms with Crippen LogP contribution in [0.3, 0.4) is 0 Å². The zero-order chi connectivity index (χ0) is 19.8. The van der Waals surface area contributed by atoms with E-state index in [1.165, 1.54) is 5.56 Å². The number of ketones is 1. The summed E-state index contributed by atoms with van der Waals surface area (Å²) in [7, 11) is 1.65. The summed E-state index contributed by atoms with van der Waals surface area (Å²) in [4.78, 5) is 12.9. The van der Waals surface area contributed by atoms with Crippen LogP contribution in [0.1, 0.15) is 40.5 Å². The maximum atomic E-state index is 12.9. The molecule has 2 aromatic carbocycles. The first-order chi connectivity index (χ1) is 13.5. The van der Waals surface area contributed by atoms with Gasteiger partial charge in [-0.1, -0.05) is 19.1 Å². The molecule has 1 atom stereocenters. The molecule has 1 N–H and O–H groups in total. The third-order valence-electron chi connectivity index (χ3n) is 5.51. The molecule has 0 saturated carbocycles. The van der Waals surface area contributed by atoms with Crippen molar-refractivity contribution >= 4 is 17.3 Å². The number of Topliss-reactive ketones (excluding diaryl/α,β-unsaturated/α-hetero) is 1. The second kappa shape index (κ2) is 7.15. The quantitative estimate of drug-likeness (QED) is 0.697. The minimum absolute atomic E-state index is 0.154. The summed E-state index contributed by atoms with van der Waals surface area (Å²) in [6.07, 6.45) is 1.39. The Morgan fingerprint density at radius 1 is 1.11 bits per heavy atom. The van der Waals surface area contributed by atoms with E-state index in [2.05, 4.69) is 32.2 Å². The van der Waals surface area contributed by atoms with Gasteiger partial charge in [0.15, 0.2) is 11.6 Å². The van der Waals surface area contributed by atoms with Gasteiger partial charge in [0.25, 0.3) is 0 Å².